The first-order valence-electron chi connectivity index (χ1n) is 8.69. The molecule has 0 saturated carbocycles. The number of rotatable bonds is 6. The lowest BCUT2D eigenvalue weighted by Crippen LogP contribution is -2.33. The van der Waals surface area contributed by atoms with E-state index >= 15 is 0 Å². The molecule has 1 aromatic carbocycles. The molecular formula is C20H25IN6. The van der Waals surface area contributed by atoms with Gasteiger partial charge in [-0.25, -0.2) is 9.67 Å². The lowest BCUT2D eigenvalue weighted by molar-refractivity contribution is 0.810. The van der Waals surface area contributed by atoms with Crippen molar-refractivity contribution in [2.45, 2.75) is 26.8 Å². The van der Waals surface area contributed by atoms with Gasteiger partial charge < -0.3 is 11.1 Å². The summed E-state index contributed by atoms with van der Waals surface area (Å²) in [6.07, 6.45) is 2.60. The molecule has 0 saturated heterocycles. The van der Waals surface area contributed by atoms with Gasteiger partial charge in [0.15, 0.2) is 5.96 Å². The maximum atomic E-state index is 6.00. The van der Waals surface area contributed by atoms with Crippen molar-refractivity contribution in [3.05, 3.63) is 77.4 Å². The average Bonchev–Trinajstić information content (AvgIpc) is 2.99. The van der Waals surface area contributed by atoms with Crippen molar-refractivity contribution in [1.82, 2.24) is 20.1 Å². The monoisotopic (exact) mass is 476 g/mol. The van der Waals surface area contributed by atoms with Crippen molar-refractivity contribution < 1.29 is 0 Å². The second kappa shape index (κ2) is 10.1. The highest BCUT2D eigenvalue weighted by Gasteiger charge is 2.08. The van der Waals surface area contributed by atoms with E-state index in [1.807, 2.05) is 48.9 Å². The van der Waals surface area contributed by atoms with Crippen LogP contribution < -0.4 is 11.1 Å². The van der Waals surface area contributed by atoms with E-state index in [-0.39, 0.29) is 24.0 Å². The molecule has 142 valence electrons. The Balaban J connectivity index is 0.00000261. The molecule has 27 heavy (non-hydrogen) atoms. The summed E-state index contributed by atoms with van der Waals surface area (Å²) in [5.74, 6) is 0.434. The predicted molar refractivity (Wildman–Crippen MR) is 120 cm³/mol. The van der Waals surface area contributed by atoms with Crippen LogP contribution in [0, 0.1) is 13.8 Å². The molecule has 0 bridgehead atoms. The Morgan fingerprint density at radius 2 is 1.93 bits per heavy atom. The number of nitrogens with zero attached hydrogens (tertiary/aromatic N) is 4. The maximum Gasteiger partial charge on any atom is 0.188 e. The third-order valence-corrected chi connectivity index (χ3v) is 4.06. The number of nitrogens with one attached hydrogen (secondary N) is 1. The first-order chi connectivity index (χ1) is 12.6. The molecule has 2 aromatic heterocycles. The Kier molecular flexibility index (Phi) is 7.78. The average molecular weight is 476 g/mol. The Morgan fingerprint density at radius 3 is 2.63 bits per heavy atom. The van der Waals surface area contributed by atoms with Crippen LogP contribution in [0.1, 0.15) is 22.6 Å². The van der Waals surface area contributed by atoms with Crippen LogP contribution in [0.4, 0.5) is 0 Å². The number of nitrogens with two attached hydrogens (primary N) is 1. The molecule has 0 atom stereocenters. The van der Waals surface area contributed by atoms with Crippen LogP contribution in [0.15, 0.2) is 59.7 Å². The van der Waals surface area contributed by atoms with E-state index in [9.17, 15) is 0 Å². The van der Waals surface area contributed by atoms with Crippen LogP contribution in [0.25, 0.3) is 5.69 Å². The zero-order valence-electron chi connectivity index (χ0n) is 15.6. The summed E-state index contributed by atoms with van der Waals surface area (Å²) in [5, 5.41) is 7.71. The first-order valence-corrected chi connectivity index (χ1v) is 8.69. The molecule has 7 heteroatoms. The summed E-state index contributed by atoms with van der Waals surface area (Å²) >= 11 is 0. The van der Waals surface area contributed by atoms with Crippen molar-refractivity contribution in [1.29, 1.82) is 0 Å². The molecule has 0 aliphatic heterocycles. The summed E-state index contributed by atoms with van der Waals surface area (Å²) in [7, 11) is 0. The molecule has 0 aliphatic rings. The van der Waals surface area contributed by atoms with Crippen molar-refractivity contribution in [2.24, 2.45) is 10.7 Å². The maximum absolute atomic E-state index is 6.00. The van der Waals surface area contributed by atoms with Crippen LogP contribution in [-0.4, -0.2) is 27.3 Å². The van der Waals surface area contributed by atoms with E-state index in [1.165, 1.54) is 0 Å². The lowest BCUT2D eigenvalue weighted by atomic mass is 10.2. The molecule has 3 aromatic rings. The van der Waals surface area contributed by atoms with E-state index in [4.69, 9.17) is 5.73 Å². The summed E-state index contributed by atoms with van der Waals surface area (Å²) in [6, 6.07) is 16.1. The summed E-state index contributed by atoms with van der Waals surface area (Å²) in [4.78, 5) is 8.76. The standard InChI is InChI=1S/C20H24N6.HI/c1-15-13-16(2)26(25-15)19-9-4-3-7-17(19)14-24-20(21)23-12-10-18-8-5-6-11-22-18;/h3-9,11,13H,10,12,14H2,1-2H3,(H3,21,23,24);1H. The first kappa shape index (κ1) is 20.9. The quantitative estimate of drug-likeness (QED) is 0.326. The molecule has 6 nitrogen and oxygen atoms in total. The fraction of sp³-hybridized carbons (Fsp3) is 0.250. The van der Waals surface area contributed by atoms with Crippen molar-refractivity contribution in [3.8, 4) is 5.69 Å². The molecule has 0 spiro atoms. The number of hydrogen-bond donors (Lipinski definition) is 2. The highest BCUT2D eigenvalue weighted by atomic mass is 127. The zero-order chi connectivity index (χ0) is 18.4. The van der Waals surface area contributed by atoms with Gasteiger partial charge in [-0.1, -0.05) is 24.3 Å². The number of benzene rings is 1. The van der Waals surface area contributed by atoms with E-state index in [2.05, 4.69) is 38.6 Å². The number of aliphatic imine (C=N–C) groups is 1. The number of aryl methyl sites for hydroxylation is 2. The molecular weight excluding hydrogens is 451 g/mol. The molecule has 0 amide bonds. The number of guanidine groups is 1. The van der Waals surface area contributed by atoms with E-state index in [1.54, 1.807) is 6.20 Å². The third-order valence-electron chi connectivity index (χ3n) is 4.06. The van der Waals surface area contributed by atoms with E-state index in [0.717, 1.165) is 34.8 Å². The summed E-state index contributed by atoms with van der Waals surface area (Å²) in [5.41, 5.74) is 11.2. The van der Waals surface area contributed by atoms with Crippen molar-refractivity contribution >= 4 is 29.9 Å². The van der Waals surface area contributed by atoms with Crippen molar-refractivity contribution in [3.63, 3.8) is 0 Å². The Morgan fingerprint density at radius 1 is 1.15 bits per heavy atom. The van der Waals surface area contributed by atoms with Crippen LogP contribution in [-0.2, 0) is 13.0 Å². The molecule has 0 unspecified atom stereocenters. The summed E-state index contributed by atoms with van der Waals surface area (Å²) < 4.78 is 1.95. The zero-order valence-corrected chi connectivity index (χ0v) is 17.9. The van der Waals surface area contributed by atoms with Gasteiger partial charge >= 0.3 is 0 Å². The Bertz CT molecular complexity index is 888. The van der Waals surface area contributed by atoms with E-state index < -0.39 is 0 Å². The minimum Gasteiger partial charge on any atom is -0.370 e. The van der Waals surface area contributed by atoms with Crippen molar-refractivity contribution in [2.75, 3.05) is 6.54 Å². The number of halogens is 1. The van der Waals surface area contributed by atoms with E-state index in [0.29, 0.717) is 19.0 Å². The van der Waals surface area contributed by atoms with Crippen LogP contribution in [0.3, 0.4) is 0 Å². The Labute approximate surface area is 176 Å². The molecule has 0 radical (unpaired) electrons. The highest BCUT2D eigenvalue weighted by molar-refractivity contribution is 14.0. The number of hydrogen-bond acceptors (Lipinski definition) is 3. The smallest absolute Gasteiger partial charge is 0.188 e. The Hall–Kier alpha value is -2.42. The minimum absolute atomic E-state index is 0. The molecule has 0 fully saturated rings. The number of aromatic nitrogens is 3. The van der Waals surface area contributed by atoms with Crippen LogP contribution >= 0.6 is 24.0 Å². The van der Waals surface area contributed by atoms with Gasteiger partial charge in [0.2, 0.25) is 0 Å². The third kappa shape index (κ3) is 5.78. The van der Waals surface area contributed by atoms with Crippen LogP contribution in [0.2, 0.25) is 0 Å². The second-order valence-corrected chi connectivity index (χ2v) is 6.17. The van der Waals surface area contributed by atoms with Gasteiger partial charge in [0.05, 0.1) is 17.9 Å². The van der Waals surface area contributed by atoms with Gasteiger partial charge in [-0.05, 0) is 43.7 Å². The largest absolute Gasteiger partial charge is 0.370 e. The fourth-order valence-electron chi connectivity index (χ4n) is 2.81. The highest BCUT2D eigenvalue weighted by Crippen LogP contribution is 2.17. The predicted octanol–water partition coefficient (Wildman–Crippen LogP) is 3.15. The summed E-state index contributed by atoms with van der Waals surface area (Å²) in [6.45, 7) is 5.24. The topological polar surface area (TPSA) is 81.1 Å². The normalized spacial score (nSPS) is 11.1. The molecule has 3 rings (SSSR count). The molecule has 2 heterocycles. The second-order valence-electron chi connectivity index (χ2n) is 6.17. The number of para-hydroxylation sites is 1. The minimum atomic E-state index is 0. The fourth-order valence-corrected chi connectivity index (χ4v) is 2.81. The number of pyridine rings is 1. The molecule has 3 N–H and O–H groups in total. The van der Waals surface area contributed by atoms with Gasteiger partial charge in [-0.2, -0.15) is 5.10 Å². The SMILES string of the molecule is Cc1cc(C)n(-c2ccccc2CN=C(N)NCCc2ccccn2)n1.I. The van der Waals surface area contributed by atoms with Gasteiger partial charge in [-0.15, -0.1) is 24.0 Å². The molecule has 0 aliphatic carbocycles. The van der Waals surface area contributed by atoms with Gasteiger partial charge in [0, 0.05) is 30.6 Å². The van der Waals surface area contributed by atoms with Gasteiger partial charge in [0.1, 0.15) is 0 Å². The van der Waals surface area contributed by atoms with Gasteiger partial charge in [-0.3, -0.25) is 4.98 Å². The lowest BCUT2D eigenvalue weighted by Gasteiger charge is -2.10. The van der Waals surface area contributed by atoms with Crippen LogP contribution in [0.5, 0.6) is 0 Å². The van der Waals surface area contributed by atoms with Gasteiger partial charge in [0.25, 0.3) is 0 Å².